The maximum Gasteiger partial charge on any atom is 0.220 e. The number of ether oxygens (including phenoxy) is 1. The molecule has 0 radical (unpaired) electrons. The Kier molecular flexibility index (Phi) is 7.27. The zero-order chi connectivity index (χ0) is 16.3. The molecule has 0 saturated heterocycles. The van der Waals surface area contributed by atoms with Crippen LogP contribution < -0.4 is 5.32 Å². The lowest BCUT2D eigenvalue weighted by molar-refractivity contribution is -0.121. The van der Waals surface area contributed by atoms with E-state index in [1.54, 1.807) is 0 Å². The van der Waals surface area contributed by atoms with E-state index in [9.17, 15) is 4.79 Å². The van der Waals surface area contributed by atoms with E-state index in [4.69, 9.17) is 4.74 Å². The molecule has 23 heavy (non-hydrogen) atoms. The zero-order valence-electron chi connectivity index (χ0n) is 13.6. The summed E-state index contributed by atoms with van der Waals surface area (Å²) in [5.41, 5.74) is 3.12. The third kappa shape index (κ3) is 7.06. The van der Waals surface area contributed by atoms with Gasteiger partial charge >= 0.3 is 0 Å². The predicted molar refractivity (Wildman–Crippen MR) is 91.0 cm³/mol. The molecule has 1 aromatic heterocycles. The first-order valence-electron chi connectivity index (χ1n) is 8.05. The van der Waals surface area contributed by atoms with Gasteiger partial charge in [-0.2, -0.15) is 0 Å². The van der Waals surface area contributed by atoms with E-state index in [0.29, 0.717) is 26.2 Å². The fraction of sp³-hybridized carbons (Fsp3) is 0.368. The Labute approximate surface area is 137 Å². The topological polar surface area (TPSA) is 51.2 Å². The minimum Gasteiger partial charge on any atom is -0.381 e. The zero-order valence-corrected chi connectivity index (χ0v) is 13.6. The van der Waals surface area contributed by atoms with Crippen LogP contribution in [-0.4, -0.2) is 24.1 Å². The molecule has 1 aromatic carbocycles. The number of hydrogen-bond acceptors (Lipinski definition) is 3. The van der Waals surface area contributed by atoms with Crippen LogP contribution in [0.25, 0.3) is 0 Å². The summed E-state index contributed by atoms with van der Waals surface area (Å²) in [7, 11) is 0. The number of hydrogen-bond donors (Lipinski definition) is 1. The van der Waals surface area contributed by atoms with Gasteiger partial charge in [-0.25, -0.2) is 0 Å². The van der Waals surface area contributed by atoms with Crippen LogP contribution >= 0.6 is 0 Å². The monoisotopic (exact) mass is 312 g/mol. The third-order valence-electron chi connectivity index (χ3n) is 3.48. The van der Waals surface area contributed by atoms with Crippen LogP contribution in [0.1, 0.15) is 29.8 Å². The number of carbonyl (C=O) groups excluding carboxylic acids is 1. The summed E-state index contributed by atoms with van der Waals surface area (Å²) < 4.78 is 5.57. The number of nitrogens with zero attached hydrogens (tertiary/aromatic N) is 1. The molecule has 0 unspecified atom stereocenters. The average molecular weight is 312 g/mol. The molecule has 0 spiro atoms. The Morgan fingerprint density at radius 1 is 1.09 bits per heavy atom. The van der Waals surface area contributed by atoms with E-state index in [-0.39, 0.29) is 5.91 Å². The molecule has 0 aliphatic rings. The summed E-state index contributed by atoms with van der Waals surface area (Å²) >= 11 is 0. The Hall–Kier alpha value is -2.20. The standard InChI is InChI=1S/C19H24N2O2/c1-16-7-5-10-18(21-16)15-20-19(22)11-6-13-23-14-12-17-8-3-2-4-9-17/h2-5,7-10H,6,11-15H2,1H3,(H,20,22). The maximum atomic E-state index is 11.8. The summed E-state index contributed by atoms with van der Waals surface area (Å²) in [5, 5.41) is 2.89. The van der Waals surface area contributed by atoms with Crippen LogP contribution in [0.5, 0.6) is 0 Å². The molecule has 4 heteroatoms. The second-order valence-corrected chi connectivity index (χ2v) is 5.50. The molecule has 1 heterocycles. The van der Waals surface area contributed by atoms with Crippen molar-refractivity contribution >= 4 is 5.91 Å². The van der Waals surface area contributed by atoms with Gasteiger partial charge in [-0.1, -0.05) is 36.4 Å². The minimum atomic E-state index is 0.0416. The molecule has 0 aliphatic carbocycles. The number of aromatic nitrogens is 1. The van der Waals surface area contributed by atoms with E-state index in [2.05, 4.69) is 22.4 Å². The first-order valence-corrected chi connectivity index (χ1v) is 8.05. The second kappa shape index (κ2) is 9.74. The van der Waals surface area contributed by atoms with Crippen molar-refractivity contribution in [3.63, 3.8) is 0 Å². The van der Waals surface area contributed by atoms with E-state index < -0.39 is 0 Å². The molecule has 122 valence electrons. The van der Waals surface area contributed by atoms with E-state index in [1.165, 1.54) is 5.56 Å². The molecule has 0 aliphatic heterocycles. The molecular weight excluding hydrogens is 288 g/mol. The molecule has 2 aromatic rings. The summed E-state index contributed by atoms with van der Waals surface area (Å²) in [6.07, 6.45) is 2.13. The van der Waals surface area contributed by atoms with Gasteiger partial charge in [0.15, 0.2) is 0 Å². The van der Waals surface area contributed by atoms with Gasteiger partial charge in [-0.15, -0.1) is 0 Å². The van der Waals surface area contributed by atoms with Crippen molar-refractivity contribution in [1.82, 2.24) is 10.3 Å². The van der Waals surface area contributed by atoms with Crippen molar-refractivity contribution in [2.45, 2.75) is 32.7 Å². The van der Waals surface area contributed by atoms with Gasteiger partial charge in [0, 0.05) is 18.7 Å². The highest BCUT2D eigenvalue weighted by atomic mass is 16.5. The fourth-order valence-electron chi connectivity index (χ4n) is 2.25. The first kappa shape index (κ1) is 17.2. The van der Waals surface area contributed by atoms with Crippen LogP contribution in [0.15, 0.2) is 48.5 Å². The number of nitrogens with one attached hydrogen (secondary N) is 1. The largest absolute Gasteiger partial charge is 0.381 e. The van der Waals surface area contributed by atoms with Gasteiger partial charge in [0.25, 0.3) is 0 Å². The predicted octanol–water partition coefficient (Wildman–Crippen LogP) is 3.05. The Balaban J connectivity index is 1.51. The molecule has 0 fully saturated rings. The highest BCUT2D eigenvalue weighted by molar-refractivity contribution is 5.75. The van der Waals surface area contributed by atoms with E-state index >= 15 is 0 Å². The van der Waals surface area contributed by atoms with Crippen molar-refractivity contribution in [2.75, 3.05) is 13.2 Å². The molecule has 2 rings (SSSR count). The van der Waals surface area contributed by atoms with Gasteiger partial charge < -0.3 is 10.1 Å². The Morgan fingerprint density at radius 2 is 1.91 bits per heavy atom. The fourth-order valence-corrected chi connectivity index (χ4v) is 2.25. The number of rotatable bonds is 9. The van der Waals surface area contributed by atoms with Crippen molar-refractivity contribution < 1.29 is 9.53 Å². The SMILES string of the molecule is Cc1cccc(CNC(=O)CCCOCCc2ccccc2)n1. The summed E-state index contributed by atoms with van der Waals surface area (Å²) in [4.78, 5) is 16.1. The van der Waals surface area contributed by atoms with Crippen LogP contribution in [0, 0.1) is 6.92 Å². The first-order chi connectivity index (χ1) is 11.2. The maximum absolute atomic E-state index is 11.8. The number of carbonyl (C=O) groups is 1. The van der Waals surface area contributed by atoms with E-state index in [0.717, 1.165) is 24.2 Å². The Bertz CT molecular complexity index is 599. The third-order valence-corrected chi connectivity index (χ3v) is 3.48. The van der Waals surface area contributed by atoms with Crippen LogP contribution in [0.2, 0.25) is 0 Å². The van der Waals surface area contributed by atoms with Gasteiger partial charge in [0.05, 0.1) is 18.8 Å². The van der Waals surface area contributed by atoms with Crippen molar-refractivity contribution in [1.29, 1.82) is 0 Å². The number of pyridine rings is 1. The lowest BCUT2D eigenvalue weighted by Crippen LogP contribution is -2.23. The van der Waals surface area contributed by atoms with Crippen LogP contribution in [-0.2, 0) is 22.5 Å². The molecule has 1 amide bonds. The Morgan fingerprint density at radius 3 is 2.70 bits per heavy atom. The summed E-state index contributed by atoms with van der Waals surface area (Å²) in [5.74, 6) is 0.0416. The average Bonchev–Trinajstić information content (AvgIpc) is 2.57. The molecular formula is C19H24N2O2. The normalized spacial score (nSPS) is 10.5. The molecule has 0 saturated carbocycles. The quantitative estimate of drug-likeness (QED) is 0.724. The molecule has 0 bridgehead atoms. The second-order valence-electron chi connectivity index (χ2n) is 5.50. The van der Waals surface area contributed by atoms with E-state index in [1.807, 2.05) is 43.3 Å². The number of amides is 1. The minimum absolute atomic E-state index is 0.0416. The summed E-state index contributed by atoms with van der Waals surface area (Å²) in [6.45, 7) is 3.73. The smallest absolute Gasteiger partial charge is 0.220 e. The van der Waals surface area contributed by atoms with Crippen molar-refractivity contribution in [3.8, 4) is 0 Å². The van der Waals surface area contributed by atoms with Gasteiger partial charge in [-0.3, -0.25) is 9.78 Å². The van der Waals surface area contributed by atoms with Crippen molar-refractivity contribution in [2.24, 2.45) is 0 Å². The molecule has 4 nitrogen and oxygen atoms in total. The number of aryl methyl sites for hydroxylation is 1. The van der Waals surface area contributed by atoms with Gasteiger partial charge in [-0.05, 0) is 37.5 Å². The molecule has 0 atom stereocenters. The highest BCUT2D eigenvalue weighted by Gasteiger charge is 2.02. The molecule has 1 N–H and O–H groups in total. The van der Waals surface area contributed by atoms with Gasteiger partial charge in [0.1, 0.15) is 0 Å². The highest BCUT2D eigenvalue weighted by Crippen LogP contribution is 2.01. The van der Waals surface area contributed by atoms with Crippen LogP contribution in [0.3, 0.4) is 0 Å². The van der Waals surface area contributed by atoms with Gasteiger partial charge in [0.2, 0.25) is 5.91 Å². The van der Waals surface area contributed by atoms with Crippen LogP contribution in [0.4, 0.5) is 0 Å². The lowest BCUT2D eigenvalue weighted by Gasteiger charge is -2.06. The van der Waals surface area contributed by atoms with Crippen molar-refractivity contribution in [3.05, 3.63) is 65.5 Å². The number of benzene rings is 1. The lowest BCUT2D eigenvalue weighted by atomic mass is 10.2. The summed E-state index contributed by atoms with van der Waals surface area (Å²) in [6, 6.07) is 16.1.